The highest BCUT2D eigenvalue weighted by molar-refractivity contribution is 7.93. The van der Waals surface area contributed by atoms with E-state index in [-0.39, 0.29) is 11.7 Å². The Morgan fingerprint density at radius 2 is 1.70 bits per heavy atom. The lowest BCUT2D eigenvalue weighted by Gasteiger charge is -2.17. The number of anilines is 2. The predicted octanol–water partition coefficient (Wildman–Crippen LogP) is 5.00. The first-order valence-electron chi connectivity index (χ1n) is 10.8. The van der Waals surface area contributed by atoms with Crippen molar-refractivity contribution in [2.75, 3.05) is 21.9 Å². The van der Waals surface area contributed by atoms with Gasteiger partial charge in [-0.15, -0.1) is 0 Å². The van der Waals surface area contributed by atoms with Crippen LogP contribution in [0.4, 0.5) is 11.4 Å². The van der Waals surface area contributed by atoms with Crippen LogP contribution in [0.2, 0.25) is 0 Å². The molecule has 1 aliphatic heterocycles. The molecule has 0 aliphatic carbocycles. The standard InChI is InChI=1S/C26H23N3O3S/c1-18-7-9-19(10-8-18)25-17-23(22-5-2-3-6-24(22)28-25)26(30)27-20-11-13-21(14-12-20)29-15-4-16-33(29,31)32/h2-3,5-14,17H,4,15-16H2,1H3,(H,27,30). The third-order valence-corrected chi connectivity index (χ3v) is 7.69. The van der Waals surface area contributed by atoms with Gasteiger partial charge in [-0.3, -0.25) is 9.10 Å². The molecule has 1 aliphatic rings. The summed E-state index contributed by atoms with van der Waals surface area (Å²) in [6.45, 7) is 2.51. The fraction of sp³-hybridized carbons (Fsp3) is 0.154. The van der Waals surface area contributed by atoms with Crippen molar-refractivity contribution in [1.29, 1.82) is 0 Å². The van der Waals surface area contributed by atoms with Crippen molar-refractivity contribution in [3.05, 3.63) is 90.0 Å². The van der Waals surface area contributed by atoms with E-state index in [0.29, 0.717) is 29.9 Å². The van der Waals surface area contributed by atoms with Crippen LogP contribution in [0.5, 0.6) is 0 Å². The number of aromatic nitrogens is 1. The molecule has 7 heteroatoms. The molecule has 1 N–H and O–H groups in total. The first-order chi connectivity index (χ1) is 15.9. The van der Waals surface area contributed by atoms with Crippen LogP contribution >= 0.6 is 0 Å². The molecule has 3 aromatic carbocycles. The maximum absolute atomic E-state index is 13.3. The second kappa shape index (κ2) is 8.33. The summed E-state index contributed by atoms with van der Waals surface area (Å²) in [7, 11) is -3.24. The average molecular weight is 458 g/mol. The molecule has 1 saturated heterocycles. The highest BCUT2D eigenvalue weighted by atomic mass is 32.2. The van der Waals surface area contributed by atoms with E-state index >= 15 is 0 Å². The van der Waals surface area contributed by atoms with E-state index in [1.54, 1.807) is 24.3 Å². The smallest absolute Gasteiger partial charge is 0.256 e. The summed E-state index contributed by atoms with van der Waals surface area (Å²) in [5, 5.41) is 3.71. The molecule has 0 bridgehead atoms. The molecule has 1 amide bonds. The van der Waals surface area contributed by atoms with Gasteiger partial charge < -0.3 is 5.32 Å². The number of hydrogen-bond donors (Lipinski definition) is 1. The van der Waals surface area contributed by atoms with Gasteiger partial charge in [0.2, 0.25) is 10.0 Å². The van der Waals surface area contributed by atoms with Gasteiger partial charge in [-0.1, -0.05) is 48.0 Å². The first kappa shape index (κ1) is 21.2. The molecule has 0 spiro atoms. The van der Waals surface area contributed by atoms with E-state index in [0.717, 1.165) is 27.7 Å². The molecule has 1 aromatic heterocycles. The lowest BCUT2D eigenvalue weighted by atomic mass is 10.0. The molecule has 0 unspecified atom stereocenters. The maximum atomic E-state index is 13.3. The minimum Gasteiger partial charge on any atom is -0.322 e. The van der Waals surface area contributed by atoms with Crippen molar-refractivity contribution in [3.63, 3.8) is 0 Å². The zero-order valence-corrected chi connectivity index (χ0v) is 19.0. The Bertz CT molecular complexity index is 1450. The van der Waals surface area contributed by atoms with Crippen molar-refractivity contribution >= 4 is 38.2 Å². The molecule has 0 atom stereocenters. The van der Waals surface area contributed by atoms with Gasteiger partial charge in [0.15, 0.2) is 0 Å². The third kappa shape index (κ3) is 4.19. The van der Waals surface area contributed by atoms with E-state index in [2.05, 4.69) is 5.32 Å². The van der Waals surface area contributed by atoms with Crippen molar-refractivity contribution in [2.45, 2.75) is 13.3 Å². The van der Waals surface area contributed by atoms with E-state index < -0.39 is 10.0 Å². The fourth-order valence-electron chi connectivity index (χ4n) is 4.07. The first-order valence-corrected chi connectivity index (χ1v) is 12.4. The average Bonchev–Trinajstić information content (AvgIpc) is 3.18. The van der Waals surface area contributed by atoms with Gasteiger partial charge in [-0.25, -0.2) is 13.4 Å². The Morgan fingerprint density at radius 1 is 0.970 bits per heavy atom. The molecule has 6 nitrogen and oxygen atoms in total. The minimum atomic E-state index is -3.24. The number of aryl methyl sites for hydroxylation is 1. The topological polar surface area (TPSA) is 79.4 Å². The highest BCUT2D eigenvalue weighted by Crippen LogP contribution is 2.28. The second-order valence-corrected chi connectivity index (χ2v) is 10.2. The molecule has 33 heavy (non-hydrogen) atoms. The summed E-state index contributed by atoms with van der Waals surface area (Å²) >= 11 is 0. The number of benzene rings is 3. The minimum absolute atomic E-state index is 0.171. The molecular weight excluding hydrogens is 434 g/mol. The van der Waals surface area contributed by atoms with Crippen LogP contribution in [0.1, 0.15) is 22.3 Å². The van der Waals surface area contributed by atoms with Gasteiger partial charge in [0.1, 0.15) is 0 Å². The van der Waals surface area contributed by atoms with Gasteiger partial charge in [-0.2, -0.15) is 0 Å². The summed E-state index contributed by atoms with van der Waals surface area (Å²) in [5.41, 5.74) is 5.31. The number of nitrogens with zero attached hydrogens (tertiary/aromatic N) is 2. The zero-order valence-electron chi connectivity index (χ0n) is 18.2. The Hall–Kier alpha value is -3.71. The second-order valence-electron chi connectivity index (χ2n) is 8.18. The van der Waals surface area contributed by atoms with Crippen molar-refractivity contribution in [3.8, 4) is 11.3 Å². The van der Waals surface area contributed by atoms with Gasteiger partial charge in [-0.05, 0) is 49.7 Å². The number of pyridine rings is 1. The van der Waals surface area contributed by atoms with E-state index in [9.17, 15) is 13.2 Å². The summed E-state index contributed by atoms with van der Waals surface area (Å²) in [4.78, 5) is 18.0. The Balaban J connectivity index is 1.46. The Morgan fingerprint density at radius 3 is 2.39 bits per heavy atom. The van der Waals surface area contributed by atoms with Crippen LogP contribution in [0.25, 0.3) is 22.2 Å². The normalized spacial score (nSPS) is 15.0. The largest absolute Gasteiger partial charge is 0.322 e. The lowest BCUT2D eigenvalue weighted by Crippen LogP contribution is -2.25. The number of carbonyl (C=O) groups is 1. The van der Waals surface area contributed by atoms with Crippen LogP contribution in [0.15, 0.2) is 78.9 Å². The van der Waals surface area contributed by atoms with Crippen LogP contribution in [-0.2, 0) is 10.0 Å². The van der Waals surface area contributed by atoms with Gasteiger partial charge in [0.05, 0.1) is 28.2 Å². The number of hydrogen-bond acceptors (Lipinski definition) is 4. The summed E-state index contributed by atoms with van der Waals surface area (Å²) in [5.74, 6) is -0.0762. The van der Waals surface area contributed by atoms with Gasteiger partial charge >= 0.3 is 0 Å². The van der Waals surface area contributed by atoms with E-state index in [1.807, 2.05) is 61.5 Å². The number of carbonyl (C=O) groups excluding carboxylic acids is 1. The number of para-hydroxylation sites is 1. The Kier molecular flexibility index (Phi) is 5.34. The van der Waals surface area contributed by atoms with E-state index in [4.69, 9.17) is 4.98 Å². The molecule has 5 rings (SSSR count). The van der Waals surface area contributed by atoms with Crippen molar-refractivity contribution in [1.82, 2.24) is 4.98 Å². The van der Waals surface area contributed by atoms with Crippen molar-refractivity contribution in [2.24, 2.45) is 0 Å². The highest BCUT2D eigenvalue weighted by Gasteiger charge is 2.28. The number of rotatable bonds is 4. The SMILES string of the molecule is Cc1ccc(-c2cc(C(=O)Nc3ccc(N4CCCS4(=O)=O)cc3)c3ccccc3n2)cc1. The fourth-order valence-corrected chi connectivity index (χ4v) is 5.64. The third-order valence-electron chi connectivity index (χ3n) is 5.82. The van der Waals surface area contributed by atoms with Crippen LogP contribution in [0.3, 0.4) is 0 Å². The van der Waals surface area contributed by atoms with Crippen LogP contribution in [0, 0.1) is 6.92 Å². The molecule has 2 heterocycles. The molecule has 166 valence electrons. The summed E-state index contributed by atoms with van der Waals surface area (Å²) in [6, 6.07) is 24.3. The number of nitrogens with one attached hydrogen (secondary N) is 1. The number of amides is 1. The molecule has 0 saturated carbocycles. The lowest BCUT2D eigenvalue weighted by molar-refractivity contribution is 0.102. The summed E-state index contributed by atoms with van der Waals surface area (Å²) < 4.78 is 25.7. The number of fused-ring (bicyclic) bond motifs is 1. The quantitative estimate of drug-likeness (QED) is 0.468. The summed E-state index contributed by atoms with van der Waals surface area (Å²) in [6.07, 6.45) is 0.624. The molecule has 4 aromatic rings. The number of sulfonamides is 1. The zero-order chi connectivity index (χ0) is 23.0. The van der Waals surface area contributed by atoms with Gasteiger partial charge in [0.25, 0.3) is 5.91 Å². The Labute approximate surface area is 192 Å². The van der Waals surface area contributed by atoms with Crippen LogP contribution < -0.4 is 9.62 Å². The van der Waals surface area contributed by atoms with Crippen LogP contribution in [-0.4, -0.2) is 31.6 Å². The monoisotopic (exact) mass is 457 g/mol. The maximum Gasteiger partial charge on any atom is 0.256 e. The molecular formula is C26H23N3O3S. The predicted molar refractivity (Wildman–Crippen MR) is 132 cm³/mol. The van der Waals surface area contributed by atoms with Crippen molar-refractivity contribution < 1.29 is 13.2 Å². The molecule has 0 radical (unpaired) electrons. The molecule has 1 fully saturated rings. The van der Waals surface area contributed by atoms with E-state index in [1.165, 1.54) is 4.31 Å². The van der Waals surface area contributed by atoms with Gasteiger partial charge in [0, 0.05) is 23.2 Å².